The molecule has 1 atom stereocenters. The van der Waals surface area contributed by atoms with E-state index in [0.717, 1.165) is 16.7 Å². The Morgan fingerprint density at radius 3 is 2.21 bits per heavy atom. The molecule has 0 aliphatic carbocycles. The number of nitrogens with one attached hydrogen (secondary N) is 1. The Balaban J connectivity index is 2.18. The minimum atomic E-state index is -3.52. The van der Waals surface area contributed by atoms with E-state index in [1.54, 1.807) is 17.9 Å². The lowest BCUT2D eigenvalue weighted by Gasteiger charge is -2.30. The molecule has 0 spiro atoms. The molecule has 0 fully saturated rings. The highest BCUT2D eigenvalue weighted by Gasteiger charge is 2.27. The number of benzene rings is 2. The van der Waals surface area contributed by atoms with Crippen molar-refractivity contribution in [2.75, 3.05) is 17.1 Å². The lowest BCUT2D eigenvalue weighted by atomic mass is 10.1. The SMILES string of the molecule is Cc1cccc(N(CCCC(=O)N(Cc2ccccc2)[C@H](C)C(=O)NC(C)C)S(C)(=O)=O)c1C. The number of amides is 2. The predicted octanol–water partition coefficient (Wildman–Crippen LogP) is 3.79. The molecule has 0 heterocycles. The second-order valence-corrected chi connectivity index (χ2v) is 10.9. The number of carbonyl (C=O) groups excluding carboxylic acids is 2. The first-order chi connectivity index (χ1) is 15.9. The molecular weight excluding hydrogens is 450 g/mol. The summed E-state index contributed by atoms with van der Waals surface area (Å²) in [7, 11) is -3.52. The van der Waals surface area contributed by atoms with Crippen molar-refractivity contribution in [2.45, 2.75) is 66.1 Å². The average molecular weight is 488 g/mol. The van der Waals surface area contributed by atoms with Gasteiger partial charge in [-0.25, -0.2) is 8.42 Å². The number of hydrogen-bond donors (Lipinski definition) is 1. The number of sulfonamides is 1. The van der Waals surface area contributed by atoms with Crippen molar-refractivity contribution < 1.29 is 18.0 Å². The first kappa shape index (κ1) is 27.4. The highest BCUT2D eigenvalue weighted by atomic mass is 32.2. The molecule has 34 heavy (non-hydrogen) atoms. The summed E-state index contributed by atoms with van der Waals surface area (Å²) in [5.74, 6) is -0.405. The van der Waals surface area contributed by atoms with Gasteiger partial charge < -0.3 is 10.2 Å². The van der Waals surface area contributed by atoms with Gasteiger partial charge in [0.05, 0.1) is 11.9 Å². The number of nitrogens with zero attached hydrogens (tertiary/aromatic N) is 2. The first-order valence-corrected chi connectivity index (χ1v) is 13.4. The van der Waals surface area contributed by atoms with Crippen molar-refractivity contribution in [3.05, 3.63) is 65.2 Å². The molecule has 2 aromatic carbocycles. The monoisotopic (exact) mass is 487 g/mol. The van der Waals surface area contributed by atoms with Crippen LogP contribution in [0.2, 0.25) is 0 Å². The Kier molecular flexibility index (Phi) is 9.67. The number of rotatable bonds is 11. The molecular formula is C26H37N3O4S. The van der Waals surface area contributed by atoms with Gasteiger partial charge >= 0.3 is 0 Å². The molecule has 8 heteroatoms. The van der Waals surface area contributed by atoms with Crippen molar-refractivity contribution in [1.29, 1.82) is 0 Å². The van der Waals surface area contributed by atoms with Crippen LogP contribution in [0.4, 0.5) is 5.69 Å². The van der Waals surface area contributed by atoms with Gasteiger partial charge in [-0.15, -0.1) is 0 Å². The third-order valence-corrected chi connectivity index (χ3v) is 6.97. The number of hydrogen-bond acceptors (Lipinski definition) is 4. The van der Waals surface area contributed by atoms with Crippen LogP contribution in [0.5, 0.6) is 0 Å². The van der Waals surface area contributed by atoms with E-state index >= 15 is 0 Å². The molecule has 0 aliphatic rings. The van der Waals surface area contributed by atoms with Crippen LogP contribution >= 0.6 is 0 Å². The van der Waals surface area contributed by atoms with Crippen molar-refractivity contribution >= 4 is 27.5 Å². The van der Waals surface area contributed by atoms with Crippen LogP contribution < -0.4 is 9.62 Å². The van der Waals surface area contributed by atoms with Gasteiger partial charge in [-0.3, -0.25) is 13.9 Å². The zero-order chi connectivity index (χ0) is 25.5. The van der Waals surface area contributed by atoms with Crippen LogP contribution in [0, 0.1) is 13.8 Å². The number of anilines is 1. The van der Waals surface area contributed by atoms with E-state index in [0.29, 0.717) is 18.7 Å². The summed E-state index contributed by atoms with van der Waals surface area (Å²) in [6, 6.07) is 14.4. The van der Waals surface area contributed by atoms with Gasteiger partial charge in [-0.05, 0) is 63.8 Å². The summed E-state index contributed by atoms with van der Waals surface area (Å²) in [4.78, 5) is 27.5. The smallest absolute Gasteiger partial charge is 0.242 e. The Morgan fingerprint density at radius 1 is 0.971 bits per heavy atom. The topological polar surface area (TPSA) is 86.8 Å². The quantitative estimate of drug-likeness (QED) is 0.522. The van der Waals surface area contributed by atoms with E-state index in [2.05, 4.69) is 5.32 Å². The number of carbonyl (C=O) groups is 2. The van der Waals surface area contributed by atoms with Crippen LogP contribution in [-0.2, 0) is 26.2 Å². The van der Waals surface area contributed by atoms with E-state index < -0.39 is 16.1 Å². The third kappa shape index (κ3) is 7.58. The maximum atomic E-state index is 13.2. The molecule has 186 valence electrons. The lowest BCUT2D eigenvalue weighted by molar-refractivity contribution is -0.140. The van der Waals surface area contributed by atoms with Crippen LogP contribution in [0.3, 0.4) is 0 Å². The minimum Gasteiger partial charge on any atom is -0.352 e. The second kappa shape index (κ2) is 12.0. The molecule has 0 aliphatic heterocycles. The van der Waals surface area contributed by atoms with Crippen LogP contribution in [-0.4, -0.2) is 50.0 Å². The van der Waals surface area contributed by atoms with Crippen molar-refractivity contribution in [1.82, 2.24) is 10.2 Å². The first-order valence-electron chi connectivity index (χ1n) is 11.6. The zero-order valence-corrected chi connectivity index (χ0v) is 21.9. The van der Waals surface area contributed by atoms with Gasteiger partial charge in [0.2, 0.25) is 21.8 Å². The van der Waals surface area contributed by atoms with Gasteiger partial charge in [0.1, 0.15) is 6.04 Å². The highest BCUT2D eigenvalue weighted by Crippen LogP contribution is 2.25. The van der Waals surface area contributed by atoms with Gasteiger partial charge in [0, 0.05) is 25.6 Å². The molecule has 2 aromatic rings. The standard InChI is InChI=1S/C26H37N3O4S/c1-19(2)27-26(31)22(5)28(18-23-13-8-7-9-14-23)25(30)16-11-17-29(34(6,32)33)24-15-10-12-20(3)21(24)4/h7-10,12-15,19,22H,11,16-18H2,1-6H3,(H,27,31)/t22-/m1/s1. The largest absolute Gasteiger partial charge is 0.352 e. The van der Waals surface area contributed by atoms with Crippen molar-refractivity contribution in [3.8, 4) is 0 Å². The molecule has 0 saturated carbocycles. The summed E-state index contributed by atoms with van der Waals surface area (Å²) >= 11 is 0. The lowest BCUT2D eigenvalue weighted by Crippen LogP contribution is -2.49. The van der Waals surface area contributed by atoms with E-state index in [1.807, 2.05) is 70.2 Å². The van der Waals surface area contributed by atoms with Crippen molar-refractivity contribution in [3.63, 3.8) is 0 Å². The van der Waals surface area contributed by atoms with Crippen LogP contribution in [0.15, 0.2) is 48.5 Å². The minimum absolute atomic E-state index is 0.0375. The van der Waals surface area contributed by atoms with Crippen molar-refractivity contribution in [2.24, 2.45) is 0 Å². The fraction of sp³-hybridized carbons (Fsp3) is 0.462. The predicted molar refractivity (Wildman–Crippen MR) is 137 cm³/mol. The Hall–Kier alpha value is -2.87. The summed E-state index contributed by atoms with van der Waals surface area (Å²) in [5, 5.41) is 2.87. The molecule has 2 rings (SSSR count). The fourth-order valence-corrected chi connectivity index (χ4v) is 4.77. The molecule has 0 aromatic heterocycles. The molecule has 0 saturated heterocycles. The summed E-state index contributed by atoms with van der Waals surface area (Å²) in [6.07, 6.45) is 1.64. The van der Waals surface area contributed by atoms with E-state index in [4.69, 9.17) is 0 Å². The Bertz CT molecular complexity index is 1080. The maximum Gasteiger partial charge on any atom is 0.242 e. The fourth-order valence-electron chi connectivity index (χ4n) is 3.76. The zero-order valence-electron chi connectivity index (χ0n) is 21.0. The normalized spacial score (nSPS) is 12.3. The molecule has 1 N–H and O–H groups in total. The second-order valence-electron chi connectivity index (χ2n) is 9.00. The summed E-state index contributed by atoms with van der Waals surface area (Å²) in [5.41, 5.74) is 3.44. The average Bonchev–Trinajstić information content (AvgIpc) is 2.76. The van der Waals surface area contributed by atoms with Gasteiger partial charge in [0.15, 0.2) is 0 Å². The van der Waals surface area contributed by atoms with Gasteiger partial charge in [-0.2, -0.15) is 0 Å². The highest BCUT2D eigenvalue weighted by molar-refractivity contribution is 7.92. The molecule has 7 nitrogen and oxygen atoms in total. The molecule has 0 unspecified atom stereocenters. The summed E-state index contributed by atoms with van der Waals surface area (Å²) in [6.45, 7) is 9.79. The van der Waals surface area contributed by atoms with Gasteiger partial charge in [0.25, 0.3) is 0 Å². The maximum absolute atomic E-state index is 13.2. The Morgan fingerprint density at radius 2 is 1.62 bits per heavy atom. The molecule has 0 radical (unpaired) electrons. The van der Waals surface area contributed by atoms with Crippen LogP contribution in [0.1, 0.15) is 50.3 Å². The molecule has 0 bridgehead atoms. The van der Waals surface area contributed by atoms with Gasteiger partial charge in [-0.1, -0.05) is 42.5 Å². The number of aryl methyl sites for hydroxylation is 1. The van der Waals surface area contributed by atoms with E-state index in [-0.39, 0.29) is 30.8 Å². The van der Waals surface area contributed by atoms with E-state index in [1.165, 1.54) is 10.6 Å². The van der Waals surface area contributed by atoms with Crippen LogP contribution in [0.25, 0.3) is 0 Å². The summed E-state index contributed by atoms with van der Waals surface area (Å²) < 4.78 is 26.4. The third-order valence-electron chi connectivity index (χ3n) is 5.79. The Labute approximate surface area is 204 Å². The van der Waals surface area contributed by atoms with E-state index in [9.17, 15) is 18.0 Å². The molecule has 2 amide bonds.